The van der Waals surface area contributed by atoms with Crippen molar-refractivity contribution in [1.82, 2.24) is 9.78 Å². The number of ether oxygens (including phenoxy) is 1. The number of hydrogen-bond acceptors (Lipinski definition) is 3. The summed E-state index contributed by atoms with van der Waals surface area (Å²) >= 11 is 0. The normalized spacial score (nSPS) is 10.3. The second-order valence-electron chi connectivity index (χ2n) is 5.10. The molecule has 0 spiro atoms. The van der Waals surface area contributed by atoms with Crippen LogP contribution in [0.3, 0.4) is 0 Å². The number of amides is 1. The Morgan fingerprint density at radius 2 is 1.96 bits per heavy atom. The number of carbonyl (C=O) groups is 1. The third kappa shape index (κ3) is 3.23. The highest BCUT2D eigenvalue weighted by atomic mass is 16.5. The summed E-state index contributed by atoms with van der Waals surface area (Å²) in [5, 5.41) is 7.00. The van der Waals surface area contributed by atoms with E-state index >= 15 is 0 Å². The minimum Gasteiger partial charge on any atom is -0.495 e. The van der Waals surface area contributed by atoms with Gasteiger partial charge in [-0.15, -0.1) is 0 Å². The maximum absolute atomic E-state index is 11.2. The van der Waals surface area contributed by atoms with Crippen LogP contribution >= 0.6 is 0 Å². The SMILES string of the molecule is COc1cc(-c2cccc(-n3cccn3)c2)ccc1NC(C)=O. The molecule has 1 aromatic heterocycles. The summed E-state index contributed by atoms with van der Waals surface area (Å²) in [4.78, 5) is 11.2. The summed E-state index contributed by atoms with van der Waals surface area (Å²) in [6, 6.07) is 15.7. The molecule has 0 unspecified atom stereocenters. The van der Waals surface area contributed by atoms with Gasteiger partial charge in [-0.25, -0.2) is 4.68 Å². The fraction of sp³-hybridized carbons (Fsp3) is 0.111. The standard InChI is InChI=1S/C18H17N3O2/c1-13(22)20-17-8-7-15(12-18(17)23-2)14-5-3-6-16(11-14)21-10-4-9-19-21/h3-12H,1-2H3,(H,20,22). The van der Waals surface area contributed by atoms with E-state index in [2.05, 4.69) is 16.5 Å². The number of rotatable bonds is 4. The molecule has 0 radical (unpaired) electrons. The lowest BCUT2D eigenvalue weighted by molar-refractivity contribution is -0.114. The van der Waals surface area contributed by atoms with Crippen LogP contribution in [0.5, 0.6) is 5.75 Å². The zero-order chi connectivity index (χ0) is 16.2. The van der Waals surface area contributed by atoms with Crippen LogP contribution in [0.4, 0.5) is 5.69 Å². The molecule has 0 fully saturated rings. The van der Waals surface area contributed by atoms with E-state index in [0.717, 1.165) is 16.8 Å². The van der Waals surface area contributed by atoms with Gasteiger partial charge in [-0.05, 0) is 41.5 Å². The van der Waals surface area contributed by atoms with E-state index in [9.17, 15) is 4.79 Å². The number of carbonyl (C=O) groups excluding carboxylic acids is 1. The van der Waals surface area contributed by atoms with Gasteiger partial charge in [0.2, 0.25) is 5.91 Å². The minimum absolute atomic E-state index is 0.128. The van der Waals surface area contributed by atoms with Crippen molar-refractivity contribution in [2.75, 3.05) is 12.4 Å². The van der Waals surface area contributed by atoms with Gasteiger partial charge in [0.05, 0.1) is 18.5 Å². The Balaban J connectivity index is 1.99. The molecule has 1 heterocycles. The number of benzene rings is 2. The number of nitrogens with one attached hydrogen (secondary N) is 1. The van der Waals surface area contributed by atoms with Crippen LogP contribution in [-0.4, -0.2) is 22.8 Å². The van der Waals surface area contributed by atoms with Gasteiger partial charge < -0.3 is 10.1 Å². The van der Waals surface area contributed by atoms with Crippen LogP contribution < -0.4 is 10.1 Å². The van der Waals surface area contributed by atoms with E-state index in [1.165, 1.54) is 6.92 Å². The van der Waals surface area contributed by atoms with Crippen molar-refractivity contribution in [3.8, 4) is 22.6 Å². The van der Waals surface area contributed by atoms with E-state index in [0.29, 0.717) is 11.4 Å². The number of hydrogen-bond donors (Lipinski definition) is 1. The van der Waals surface area contributed by atoms with E-state index in [1.54, 1.807) is 13.3 Å². The van der Waals surface area contributed by atoms with Gasteiger partial charge in [-0.2, -0.15) is 5.10 Å². The van der Waals surface area contributed by atoms with E-state index in [-0.39, 0.29) is 5.91 Å². The monoisotopic (exact) mass is 307 g/mol. The average Bonchev–Trinajstić information content (AvgIpc) is 3.09. The molecule has 1 amide bonds. The Bertz CT molecular complexity index is 826. The molecule has 0 aliphatic rings. The summed E-state index contributed by atoms with van der Waals surface area (Å²) in [5.41, 5.74) is 3.69. The van der Waals surface area contributed by atoms with Gasteiger partial charge in [0.1, 0.15) is 5.75 Å². The molecular weight excluding hydrogens is 290 g/mol. The summed E-state index contributed by atoms with van der Waals surface area (Å²) in [6.07, 6.45) is 3.65. The van der Waals surface area contributed by atoms with Crippen LogP contribution in [0.15, 0.2) is 60.9 Å². The second-order valence-corrected chi connectivity index (χ2v) is 5.10. The average molecular weight is 307 g/mol. The molecule has 0 aliphatic carbocycles. The van der Waals surface area contributed by atoms with E-state index < -0.39 is 0 Å². The number of anilines is 1. The first kappa shape index (κ1) is 14.8. The molecule has 0 aliphatic heterocycles. The Labute approximate surface area is 134 Å². The lowest BCUT2D eigenvalue weighted by atomic mass is 10.0. The van der Waals surface area contributed by atoms with E-state index in [4.69, 9.17) is 4.74 Å². The molecule has 3 rings (SSSR count). The molecule has 3 aromatic rings. The zero-order valence-electron chi connectivity index (χ0n) is 13.0. The van der Waals surface area contributed by atoms with Crippen molar-refractivity contribution < 1.29 is 9.53 Å². The molecule has 5 heteroatoms. The van der Waals surface area contributed by atoms with Crippen LogP contribution in [0.2, 0.25) is 0 Å². The first-order valence-corrected chi connectivity index (χ1v) is 7.23. The number of methoxy groups -OCH3 is 1. The maximum Gasteiger partial charge on any atom is 0.221 e. The van der Waals surface area contributed by atoms with Gasteiger partial charge in [-0.1, -0.05) is 18.2 Å². The quantitative estimate of drug-likeness (QED) is 0.802. The predicted octanol–water partition coefficient (Wildman–Crippen LogP) is 3.51. The zero-order valence-corrected chi connectivity index (χ0v) is 13.0. The topological polar surface area (TPSA) is 56.1 Å². The Kier molecular flexibility index (Phi) is 4.10. The fourth-order valence-electron chi connectivity index (χ4n) is 2.41. The predicted molar refractivity (Wildman–Crippen MR) is 89.9 cm³/mol. The molecule has 0 saturated carbocycles. The first-order valence-electron chi connectivity index (χ1n) is 7.23. The summed E-state index contributed by atoms with van der Waals surface area (Å²) in [5.74, 6) is 0.499. The highest BCUT2D eigenvalue weighted by Crippen LogP contribution is 2.31. The molecule has 0 atom stereocenters. The second kappa shape index (κ2) is 6.36. The van der Waals surface area contributed by atoms with Crippen LogP contribution in [0, 0.1) is 0 Å². The molecule has 0 saturated heterocycles. The molecule has 5 nitrogen and oxygen atoms in total. The molecular formula is C18H17N3O2. The minimum atomic E-state index is -0.128. The first-order chi connectivity index (χ1) is 11.2. The van der Waals surface area contributed by atoms with Crippen molar-refractivity contribution in [1.29, 1.82) is 0 Å². The molecule has 0 bridgehead atoms. The van der Waals surface area contributed by atoms with Crippen molar-refractivity contribution in [2.45, 2.75) is 6.92 Å². The Morgan fingerprint density at radius 3 is 2.65 bits per heavy atom. The van der Waals surface area contributed by atoms with Crippen molar-refractivity contribution in [3.63, 3.8) is 0 Å². The lowest BCUT2D eigenvalue weighted by Crippen LogP contribution is -2.07. The van der Waals surface area contributed by atoms with Gasteiger partial charge in [0, 0.05) is 19.3 Å². The highest BCUT2D eigenvalue weighted by molar-refractivity contribution is 5.91. The smallest absolute Gasteiger partial charge is 0.221 e. The molecule has 2 aromatic carbocycles. The molecule has 1 N–H and O–H groups in total. The van der Waals surface area contributed by atoms with Crippen molar-refractivity contribution in [2.24, 2.45) is 0 Å². The summed E-state index contributed by atoms with van der Waals surface area (Å²) < 4.78 is 7.19. The molecule has 23 heavy (non-hydrogen) atoms. The van der Waals surface area contributed by atoms with Crippen LogP contribution in [0.1, 0.15) is 6.92 Å². The number of aromatic nitrogens is 2. The van der Waals surface area contributed by atoms with Gasteiger partial charge >= 0.3 is 0 Å². The third-order valence-corrected chi connectivity index (χ3v) is 3.46. The number of nitrogens with zero attached hydrogens (tertiary/aromatic N) is 2. The summed E-state index contributed by atoms with van der Waals surface area (Å²) in [7, 11) is 1.59. The third-order valence-electron chi connectivity index (χ3n) is 3.46. The summed E-state index contributed by atoms with van der Waals surface area (Å²) in [6.45, 7) is 1.47. The van der Waals surface area contributed by atoms with Crippen LogP contribution in [0.25, 0.3) is 16.8 Å². The van der Waals surface area contributed by atoms with Crippen molar-refractivity contribution in [3.05, 3.63) is 60.9 Å². The lowest BCUT2D eigenvalue weighted by Gasteiger charge is -2.12. The van der Waals surface area contributed by atoms with E-state index in [1.807, 2.05) is 53.3 Å². The Hall–Kier alpha value is -3.08. The molecule has 116 valence electrons. The van der Waals surface area contributed by atoms with Gasteiger partial charge in [0.15, 0.2) is 0 Å². The largest absolute Gasteiger partial charge is 0.495 e. The Morgan fingerprint density at radius 1 is 1.13 bits per heavy atom. The highest BCUT2D eigenvalue weighted by Gasteiger charge is 2.08. The van der Waals surface area contributed by atoms with Crippen LogP contribution in [-0.2, 0) is 4.79 Å². The van der Waals surface area contributed by atoms with Gasteiger partial charge in [0.25, 0.3) is 0 Å². The maximum atomic E-state index is 11.2. The fourth-order valence-corrected chi connectivity index (χ4v) is 2.41. The van der Waals surface area contributed by atoms with Crippen molar-refractivity contribution >= 4 is 11.6 Å². The van der Waals surface area contributed by atoms with Gasteiger partial charge in [-0.3, -0.25) is 4.79 Å².